The SMILES string of the molecule is COC(=O)COc1ccc(C[C@H](C)C(=O)O)cc1. The van der Waals surface area contributed by atoms with E-state index in [2.05, 4.69) is 4.74 Å². The van der Waals surface area contributed by atoms with Gasteiger partial charge in [-0.2, -0.15) is 0 Å². The van der Waals surface area contributed by atoms with Crippen LogP contribution in [0.15, 0.2) is 24.3 Å². The normalized spacial score (nSPS) is 11.7. The quantitative estimate of drug-likeness (QED) is 0.777. The zero-order valence-corrected chi connectivity index (χ0v) is 10.4. The van der Waals surface area contributed by atoms with Gasteiger partial charge in [0.25, 0.3) is 0 Å². The molecule has 5 heteroatoms. The fraction of sp³-hybridized carbons (Fsp3) is 0.385. The highest BCUT2D eigenvalue weighted by atomic mass is 16.6. The fourth-order valence-electron chi connectivity index (χ4n) is 1.36. The van der Waals surface area contributed by atoms with Gasteiger partial charge < -0.3 is 14.6 Å². The summed E-state index contributed by atoms with van der Waals surface area (Å²) in [6, 6.07) is 6.97. The molecule has 0 aliphatic rings. The number of rotatable bonds is 6. The van der Waals surface area contributed by atoms with Crippen LogP contribution < -0.4 is 4.74 Å². The zero-order chi connectivity index (χ0) is 13.5. The Labute approximate surface area is 105 Å². The number of methoxy groups -OCH3 is 1. The molecule has 0 radical (unpaired) electrons. The first-order chi connectivity index (χ1) is 8.52. The van der Waals surface area contributed by atoms with Crippen molar-refractivity contribution in [2.45, 2.75) is 13.3 Å². The van der Waals surface area contributed by atoms with E-state index in [1.807, 2.05) is 0 Å². The number of aliphatic carboxylic acids is 1. The number of carbonyl (C=O) groups is 2. The van der Waals surface area contributed by atoms with Gasteiger partial charge in [0.1, 0.15) is 5.75 Å². The third kappa shape index (κ3) is 4.45. The van der Waals surface area contributed by atoms with E-state index in [0.717, 1.165) is 5.56 Å². The molecule has 0 spiro atoms. The molecule has 1 rings (SSSR count). The van der Waals surface area contributed by atoms with Crippen LogP contribution in [0.5, 0.6) is 5.75 Å². The molecule has 0 heterocycles. The fourth-order valence-corrected chi connectivity index (χ4v) is 1.36. The molecule has 0 aromatic heterocycles. The first-order valence-electron chi connectivity index (χ1n) is 5.54. The molecule has 0 aliphatic heterocycles. The first kappa shape index (κ1) is 14.0. The van der Waals surface area contributed by atoms with Crippen LogP contribution in [0.4, 0.5) is 0 Å². The predicted molar refractivity (Wildman–Crippen MR) is 64.5 cm³/mol. The lowest BCUT2D eigenvalue weighted by Crippen LogP contribution is -2.13. The zero-order valence-electron chi connectivity index (χ0n) is 10.4. The minimum absolute atomic E-state index is 0.138. The van der Waals surface area contributed by atoms with Gasteiger partial charge >= 0.3 is 11.9 Å². The van der Waals surface area contributed by atoms with Crippen LogP contribution in [-0.4, -0.2) is 30.8 Å². The minimum atomic E-state index is -0.819. The van der Waals surface area contributed by atoms with Crippen molar-refractivity contribution < 1.29 is 24.2 Å². The lowest BCUT2D eigenvalue weighted by Gasteiger charge is -2.08. The molecule has 1 atom stereocenters. The average Bonchev–Trinajstić information content (AvgIpc) is 2.37. The smallest absolute Gasteiger partial charge is 0.343 e. The largest absolute Gasteiger partial charge is 0.482 e. The highest BCUT2D eigenvalue weighted by Crippen LogP contribution is 2.15. The number of benzene rings is 1. The highest BCUT2D eigenvalue weighted by molar-refractivity contribution is 5.71. The van der Waals surface area contributed by atoms with Crippen LogP contribution in [0.1, 0.15) is 12.5 Å². The summed E-state index contributed by atoms with van der Waals surface area (Å²) in [6.45, 7) is 1.52. The second-order valence-electron chi connectivity index (χ2n) is 3.95. The Bertz CT molecular complexity index is 410. The van der Waals surface area contributed by atoms with Crippen molar-refractivity contribution in [2.75, 3.05) is 13.7 Å². The average molecular weight is 252 g/mol. The van der Waals surface area contributed by atoms with E-state index in [0.29, 0.717) is 12.2 Å². The summed E-state index contributed by atoms with van der Waals surface area (Å²) < 4.78 is 9.62. The van der Waals surface area contributed by atoms with Crippen molar-refractivity contribution >= 4 is 11.9 Å². The molecular weight excluding hydrogens is 236 g/mol. The van der Waals surface area contributed by atoms with Gasteiger partial charge in [0.05, 0.1) is 13.0 Å². The molecule has 1 aromatic carbocycles. The maximum Gasteiger partial charge on any atom is 0.343 e. The van der Waals surface area contributed by atoms with Gasteiger partial charge in [-0.05, 0) is 24.1 Å². The van der Waals surface area contributed by atoms with Crippen molar-refractivity contribution in [2.24, 2.45) is 5.92 Å². The minimum Gasteiger partial charge on any atom is -0.482 e. The lowest BCUT2D eigenvalue weighted by molar-refractivity contribution is -0.143. The molecule has 0 saturated carbocycles. The van der Waals surface area contributed by atoms with Crippen LogP contribution in [0.2, 0.25) is 0 Å². The summed E-state index contributed by atoms with van der Waals surface area (Å²) in [6.07, 6.45) is 0.465. The molecule has 5 nitrogen and oxygen atoms in total. The summed E-state index contributed by atoms with van der Waals surface area (Å²) in [5.74, 6) is -1.14. The lowest BCUT2D eigenvalue weighted by atomic mass is 10.0. The van der Waals surface area contributed by atoms with Crippen LogP contribution >= 0.6 is 0 Å². The van der Waals surface area contributed by atoms with Crippen molar-refractivity contribution in [1.82, 2.24) is 0 Å². The number of hydrogen-bond donors (Lipinski definition) is 1. The third-order valence-corrected chi connectivity index (χ3v) is 2.47. The standard InChI is InChI=1S/C13H16O5/c1-9(13(15)16)7-10-3-5-11(6-4-10)18-8-12(14)17-2/h3-6,9H,7-8H2,1-2H3,(H,15,16)/t9-/m0/s1. The van der Waals surface area contributed by atoms with Crippen molar-refractivity contribution in [3.8, 4) is 5.75 Å². The van der Waals surface area contributed by atoms with E-state index in [1.54, 1.807) is 31.2 Å². The number of carbonyl (C=O) groups excluding carboxylic acids is 1. The van der Waals surface area contributed by atoms with Gasteiger partial charge in [-0.1, -0.05) is 19.1 Å². The molecule has 0 saturated heterocycles. The summed E-state index contributed by atoms with van der Waals surface area (Å²) in [5.41, 5.74) is 0.912. The highest BCUT2D eigenvalue weighted by Gasteiger charge is 2.11. The van der Waals surface area contributed by atoms with Crippen LogP contribution in [-0.2, 0) is 20.7 Å². The van der Waals surface area contributed by atoms with Gasteiger partial charge in [0.2, 0.25) is 0 Å². The van der Waals surface area contributed by atoms with Crippen LogP contribution in [0.25, 0.3) is 0 Å². The van der Waals surface area contributed by atoms with Gasteiger partial charge in [-0.15, -0.1) is 0 Å². The molecule has 0 bridgehead atoms. The topological polar surface area (TPSA) is 72.8 Å². The maximum atomic E-state index is 10.9. The van der Waals surface area contributed by atoms with Gasteiger partial charge in [0.15, 0.2) is 6.61 Å². The molecule has 0 unspecified atom stereocenters. The second kappa shape index (κ2) is 6.64. The van der Waals surface area contributed by atoms with Crippen molar-refractivity contribution in [3.05, 3.63) is 29.8 Å². The molecule has 1 aromatic rings. The van der Waals surface area contributed by atoms with E-state index >= 15 is 0 Å². The Kier molecular flexibility index (Phi) is 5.17. The first-order valence-corrected chi connectivity index (χ1v) is 5.54. The number of ether oxygens (including phenoxy) is 2. The number of carboxylic acid groups (broad SMARTS) is 1. The van der Waals surface area contributed by atoms with Gasteiger partial charge in [0, 0.05) is 0 Å². The van der Waals surface area contributed by atoms with Crippen LogP contribution in [0.3, 0.4) is 0 Å². The number of hydrogen-bond acceptors (Lipinski definition) is 4. The summed E-state index contributed by atoms with van der Waals surface area (Å²) in [4.78, 5) is 21.6. The second-order valence-corrected chi connectivity index (χ2v) is 3.95. The monoisotopic (exact) mass is 252 g/mol. The number of esters is 1. The number of carboxylic acids is 1. The molecule has 0 fully saturated rings. The van der Waals surface area contributed by atoms with Gasteiger partial charge in [-0.25, -0.2) is 4.79 Å². The maximum absolute atomic E-state index is 10.9. The van der Waals surface area contributed by atoms with Gasteiger partial charge in [-0.3, -0.25) is 4.79 Å². The van der Waals surface area contributed by atoms with Crippen molar-refractivity contribution in [3.63, 3.8) is 0 Å². The molecule has 18 heavy (non-hydrogen) atoms. The molecule has 1 N–H and O–H groups in total. The molecule has 0 amide bonds. The Morgan fingerprint density at radius 1 is 1.28 bits per heavy atom. The van der Waals surface area contributed by atoms with E-state index in [9.17, 15) is 9.59 Å². The van der Waals surface area contributed by atoms with E-state index in [4.69, 9.17) is 9.84 Å². The Balaban J connectivity index is 2.52. The molecule has 98 valence electrons. The summed E-state index contributed by atoms with van der Waals surface area (Å²) in [5, 5.41) is 8.79. The predicted octanol–water partition coefficient (Wildman–Crippen LogP) is 1.50. The summed E-state index contributed by atoms with van der Waals surface area (Å²) >= 11 is 0. The van der Waals surface area contributed by atoms with E-state index in [-0.39, 0.29) is 6.61 Å². The van der Waals surface area contributed by atoms with Crippen LogP contribution in [0, 0.1) is 5.92 Å². The Morgan fingerprint density at radius 3 is 2.39 bits per heavy atom. The Hall–Kier alpha value is -2.04. The Morgan fingerprint density at radius 2 is 1.89 bits per heavy atom. The van der Waals surface area contributed by atoms with E-state index < -0.39 is 17.9 Å². The molecule has 0 aliphatic carbocycles. The molecular formula is C13H16O5. The van der Waals surface area contributed by atoms with E-state index in [1.165, 1.54) is 7.11 Å². The third-order valence-electron chi connectivity index (χ3n) is 2.47. The summed E-state index contributed by atoms with van der Waals surface area (Å²) in [7, 11) is 1.29. The van der Waals surface area contributed by atoms with Crippen molar-refractivity contribution in [1.29, 1.82) is 0 Å².